The van der Waals surface area contributed by atoms with E-state index in [-0.39, 0.29) is 52.4 Å². The van der Waals surface area contributed by atoms with Gasteiger partial charge in [-0.3, -0.25) is 0 Å². The molecule has 0 rings (SSSR count). The van der Waals surface area contributed by atoms with Gasteiger partial charge in [0.25, 0.3) is 0 Å². The molecule has 0 heterocycles. The van der Waals surface area contributed by atoms with Crippen LogP contribution in [0.25, 0.3) is 0 Å². The van der Waals surface area contributed by atoms with E-state index in [1.807, 2.05) is 0 Å². The van der Waals surface area contributed by atoms with Crippen LogP contribution in [0.2, 0.25) is 0 Å². The van der Waals surface area contributed by atoms with Crippen LogP contribution in [0, 0.1) is 0 Å². The topological polar surface area (TPSA) is 68.2 Å². The van der Waals surface area contributed by atoms with Gasteiger partial charge in [0.05, 0.1) is 19.8 Å². The van der Waals surface area contributed by atoms with E-state index >= 15 is 0 Å². The summed E-state index contributed by atoms with van der Waals surface area (Å²) in [5, 5.41) is 18.1. The molecule has 24 heavy (non-hydrogen) atoms. The number of ether oxygens (including phenoxy) is 3. The van der Waals surface area contributed by atoms with Crippen molar-refractivity contribution in [2.75, 3.05) is 26.4 Å². The molecular weight excluding hydrogens is 467 g/mol. The fraction of sp³-hybridized carbons (Fsp3) is 1.00. The Hall–Kier alpha value is 1.57. The summed E-state index contributed by atoms with van der Waals surface area (Å²) >= 11 is 0. The van der Waals surface area contributed by atoms with Crippen LogP contribution in [0.5, 0.6) is 0 Å². The van der Waals surface area contributed by atoms with Crippen molar-refractivity contribution in [1.29, 1.82) is 0 Å². The van der Waals surface area contributed by atoms with Crippen LogP contribution < -0.4 is 0 Å². The fourth-order valence-electron chi connectivity index (χ4n) is 1.32. The second kappa shape index (κ2) is 26.8. The molecule has 0 unspecified atom stereocenters. The molecule has 0 aliphatic rings. The fourth-order valence-corrected chi connectivity index (χ4v) is 1.32. The van der Waals surface area contributed by atoms with Gasteiger partial charge in [-0.2, -0.15) is 0 Å². The van der Waals surface area contributed by atoms with Gasteiger partial charge in [-0.05, 0) is 25.7 Å². The van der Waals surface area contributed by atoms with Gasteiger partial charge in [-0.15, -0.1) is 0 Å². The van der Waals surface area contributed by atoms with Crippen molar-refractivity contribution in [1.82, 2.24) is 0 Å². The van der Waals surface area contributed by atoms with Crippen LogP contribution in [-0.4, -0.2) is 42.8 Å². The van der Waals surface area contributed by atoms with E-state index in [4.69, 9.17) is 19.3 Å². The monoisotopic (exact) mass is 502 g/mol. The third-order valence-electron chi connectivity index (χ3n) is 2.86. The molecule has 7 heteroatoms. The van der Waals surface area contributed by atoms with Crippen molar-refractivity contribution in [3.8, 4) is 0 Å². The van der Waals surface area contributed by atoms with Gasteiger partial charge in [0.15, 0.2) is 0 Å². The Labute approximate surface area is 187 Å². The summed E-state index contributed by atoms with van der Waals surface area (Å²) in [7, 11) is 0. The molecule has 0 bridgehead atoms. The Morgan fingerprint density at radius 1 is 0.625 bits per heavy atom. The van der Waals surface area contributed by atoms with Gasteiger partial charge in [0, 0.05) is 59.0 Å². The van der Waals surface area contributed by atoms with Crippen molar-refractivity contribution < 1.29 is 76.8 Å². The predicted molar refractivity (Wildman–Crippen MR) is 89.5 cm³/mol. The summed E-state index contributed by atoms with van der Waals surface area (Å²) in [5.41, 5.74) is 0. The van der Waals surface area contributed by atoms with Crippen LogP contribution in [-0.2, 0) is 66.6 Å². The molecule has 0 amide bonds. The second-order valence-corrected chi connectivity index (χ2v) is 5.21. The molecule has 0 aromatic heterocycles. The minimum atomic E-state index is -1.85. The van der Waals surface area contributed by atoms with Crippen LogP contribution >= 0.6 is 0 Å². The minimum absolute atomic E-state index is 0. The van der Waals surface area contributed by atoms with Crippen LogP contribution in [0.3, 0.4) is 0 Å². The van der Waals surface area contributed by atoms with E-state index in [1.165, 1.54) is 0 Å². The SMILES string of the molecule is CCCCO.CCCCOC(O)(OCCCC)OCCCC.[Zr].[Zr]. The van der Waals surface area contributed by atoms with E-state index in [1.54, 1.807) is 0 Å². The van der Waals surface area contributed by atoms with E-state index in [2.05, 4.69) is 27.7 Å². The molecule has 144 valence electrons. The van der Waals surface area contributed by atoms with Gasteiger partial charge >= 0.3 is 6.16 Å². The zero-order valence-electron chi connectivity index (χ0n) is 16.1. The standard InChI is InChI=1S/C13H28O4.C4H10O.2Zr/c1-4-7-10-15-13(14,16-11-8-5-2)17-12-9-6-3;1-2-3-4-5;;/h14H,4-12H2,1-3H3;5H,2-4H2,1H3;;. The molecule has 0 aliphatic carbocycles. The van der Waals surface area contributed by atoms with E-state index in [0.717, 1.165) is 51.4 Å². The third kappa shape index (κ3) is 25.8. The van der Waals surface area contributed by atoms with Crippen LogP contribution in [0.1, 0.15) is 79.1 Å². The van der Waals surface area contributed by atoms with Crippen molar-refractivity contribution in [3.63, 3.8) is 0 Å². The summed E-state index contributed by atoms with van der Waals surface area (Å²) < 4.78 is 15.8. The van der Waals surface area contributed by atoms with Crippen LogP contribution in [0.15, 0.2) is 0 Å². The minimum Gasteiger partial charge on any atom is -0.396 e. The van der Waals surface area contributed by atoms with E-state index < -0.39 is 6.16 Å². The first-order valence-electron chi connectivity index (χ1n) is 8.85. The molecule has 0 aromatic rings. The molecule has 0 aromatic carbocycles. The summed E-state index contributed by atoms with van der Waals surface area (Å²) in [6, 6.07) is 0. The Morgan fingerprint density at radius 3 is 1.08 bits per heavy atom. The molecule has 5 nitrogen and oxygen atoms in total. The summed E-state index contributed by atoms with van der Waals surface area (Å²) in [6.45, 7) is 9.95. The molecule has 0 aliphatic heterocycles. The third-order valence-corrected chi connectivity index (χ3v) is 2.86. The number of aliphatic hydroxyl groups is 2. The number of unbranched alkanes of at least 4 members (excludes halogenated alkanes) is 4. The summed E-state index contributed by atoms with van der Waals surface area (Å²) in [4.78, 5) is 0. The van der Waals surface area contributed by atoms with Gasteiger partial charge < -0.3 is 24.4 Å². The first-order chi connectivity index (χ1) is 10.6. The molecule has 0 radical (unpaired) electrons. The first-order valence-corrected chi connectivity index (χ1v) is 8.85. The van der Waals surface area contributed by atoms with Gasteiger partial charge in [0.1, 0.15) is 0 Å². The molecule has 0 saturated carbocycles. The van der Waals surface area contributed by atoms with E-state index in [0.29, 0.717) is 26.4 Å². The quantitative estimate of drug-likeness (QED) is 0.278. The molecule has 0 fully saturated rings. The Kier molecular flexibility index (Phi) is 37.0. The molecular formula is C17H38O5Zr2. The second-order valence-electron chi connectivity index (χ2n) is 5.21. The molecule has 0 spiro atoms. The van der Waals surface area contributed by atoms with Crippen molar-refractivity contribution in [2.45, 2.75) is 85.2 Å². The molecule has 2 N–H and O–H groups in total. The summed E-state index contributed by atoms with van der Waals surface area (Å²) in [5.74, 6) is 0. The molecule has 0 saturated heterocycles. The van der Waals surface area contributed by atoms with Crippen LogP contribution in [0.4, 0.5) is 0 Å². The largest absolute Gasteiger partial charge is 0.410 e. The van der Waals surface area contributed by atoms with Gasteiger partial charge in [-0.1, -0.05) is 53.4 Å². The number of hydrogen-bond donors (Lipinski definition) is 2. The maximum atomic E-state index is 10.0. The van der Waals surface area contributed by atoms with Gasteiger partial charge in [-0.25, -0.2) is 0 Å². The maximum absolute atomic E-state index is 10.0. The summed E-state index contributed by atoms with van der Waals surface area (Å²) in [6.07, 6.45) is 5.89. The Bertz CT molecular complexity index is 181. The van der Waals surface area contributed by atoms with Gasteiger partial charge in [0.2, 0.25) is 0 Å². The normalized spacial score (nSPS) is 10.2. The predicted octanol–water partition coefficient (Wildman–Crippen LogP) is 3.81. The van der Waals surface area contributed by atoms with Crippen molar-refractivity contribution in [3.05, 3.63) is 0 Å². The average Bonchev–Trinajstić information content (AvgIpc) is 2.50. The van der Waals surface area contributed by atoms with Crippen molar-refractivity contribution in [2.24, 2.45) is 0 Å². The van der Waals surface area contributed by atoms with E-state index in [9.17, 15) is 5.11 Å². The average molecular weight is 505 g/mol. The smallest absolute Gasteiger partial charge is 0.396 e. The number of aliphatic hydroxyl groups excluding tert-OH is 1. The maximum Gasteiger partial charge on any atom is 0.410 e. The zero-order chi connectivity index (χ0) is 17.1. The van der Waals surface area contributed by atoms with Crippen molar-refractivity contribution >= 4 is 0 Å². The molecule has 0 atom stereocenters. The zero-order valence-corrected chi connectivity index (χ0v) is 21.0. The first kappa shape index (κ1) is 33.2. The Balaban J connectivity index is -0.000000250. The Morgan fingerprint density at radius 2 is 0.917 bits per heavy atom. The number of hydrogen-bond acceptors (Lipinski definition) is 5. The number of rotatable bonds is 14.